The average Bonchev–Trinajstić information content (AvgIpc) is 3.04. The van der Waals surface area contributed by atoms with Crippen LogP contribution in [0.15, 0.2) is 59.1 Å². The maximum absolute atomic E-state index is 11.6. The number of nitrogen functional groups attached to an aromatic ring is 1. The van der Waals surface area contributed by atoms with Gasteiger partial charge in [-0.1, -0.05) is 35.5 Å². The summed E-state index contributed by atoms with van der Waals surface area (Å²) in [6.45, 7) is 2.37. The van der Waals surface area contributed by atoms with Gasteiger partial charge in [-0.15, -0.1) is 0 Å². The first-order chi connectivity index (χ1) is 12.2. The van der Waals surface area contributed by atoms with Crippen molar-refractivity contribution in [1.29, 1.82) is 0 Å². The second-order valence-electron chi connectivity index (χ2n) is 5.57. The summed E-state index contributed by atoms with van der Waals surface area (Å²) in [6, 6.07) is 17.7. The first-order valence-electron chi connectivity index (χ1n) is 7.93. The van der Waals surface area contributed by atoms with Crippen molar-refractivity contribution in [3.63, 3.8) is 0 Å². The number of hydrogen-bond acceptors (Lipinski definition) is 5. The van der Waals surface area contributed by atoms with Gasteiger partial charge in [0.05, 0.1) is 6.61 Å². The van der Waals surface area contributed by atoms with Crippen LogP contribution in [0.25, 0.3) is 11.3 Å². The van der Waals surface area contributed by atoms with Gasteiger partial charge in [-0.2, -0.15) is 0 Å². The van der Waals surface area contributed by atoms with Gasteiger partial charge >= 0.3 is 0 Å². The lowest BCUT2D eigenvalue weighted by Gasteiger charge is -2.07. The summed E-state index contributed by atoms with van der Waals surface area (Å²) < 4.78 is 11.0. The maximum atomic E-state index is 11.6. The molecule has 0 saturated heterocycles. The van der Waals surface area contributed by atoms with Crippen LogP contribution < -0.4 is 16.0 Å². The predicted octanol–water partition coefficient (Wildman–Crippen LogP) is 2.88. The number of nitrogens with two attached hydrogens (primary N) is 1. The Morgan fingerprint density at radius 1 is 1.16 bits per heavy atom. The van der Waals surface area contributed by atoms with Crippen LogP contribution in [0.2, 0.25) is 0 Å². The summed E-state index contributed by atoms with van der Waals surface area (Å²) in [5.41, 5.74) is 4.93. The number of ether oxygens (including phenoxy) is 1. The third kappa shape index (κ3) is 3.87. The summed E-state index contributed by atoms with van der Waals surface area (Å²) in [7, 11) is 0. The van der Waals surface area contributed by atoms with Gasteiger partial charge in [-0.3, -0.25) is 10.2 Å². The molecule has 0 atom stereocenters. The minimum absolute atomic E-state index is 0.181. The first kappa shape index (κ1) is 16.7. The molecule has 2 aromatic carbocycles. The van der Waals surface area contributed by atoms with Gasteiger partial charge in [-0.05, 0) is 36.8 Å². The lowest BCUT2D eigenvalue weighted by atomic mass is 10.1. The number of nitrogens with one attached hydrogen (secondary N) is 1. The Labute approximate surface area is 145 Å². The van der Waals surface area contributed by atoms with E-state index in [0.29, 0.717) is 17.9 Å². The maximum Gasteiger partial charge on any atom is 0.287 e. The Balaban J connectivity index is 1.64. The zero-order valence-electron chi connectivity index (χ0n) is 13.9. The van der Waals surface area contributed by atoms with Gasteiger partial charge in [0.25, 0.3) is 5.91 Å². The van der Waals surface area contributed by atoms with E-state index in [-0.39, 0.29) is 5.69 Å². The van der Waals surface area contributed by atoms with Crippen LogP contribution in [0.3, 0.4) is 0 Å². The number of benzene rings is 2. The molecule has 0 bridgehead atoms. The van der Waals surface area contributed by atoms with Gasteiger partial charge in [-0.25, -0.2) is 5.84 Å². The summed E-state index contributed by atoms with van der Waals surface area (Å²) >= 11 is 0. The molecule has 0 unspecified atom stereocenters. The fraction of sp³-hybridized carbons (Fsp3) is 0.158. The molecular weight excluding hydrogens is 318 g/mol. The first-order valence-corrected chi connectivity index (χ1v) is 7.93. The molecule has 128 valence electrons. The molecule has 0 aliphatic rings. The van der Waals surface area contributed by atoms with Gasteiger partial charge in [0, 0.05) is 17.5 Å². The molecule has 6 nitrogen and oxygen atoms in total. The van der Waals surface area contributed by atoms with Crippen molar-refractivity contribution in [1.82, 2.24) is 10.6 Å². The Morgan fingerprint density at radius 3 is 2.56 bits per heavy atom. The highest BCUT2D eigenvalue weighted by Crippen LogP contribution is 2.27. The van der Waals surface area contributed by atoms with E-state index in [1.165, 1.54) is 5.56 Å². The van der Waals surface area contributed by atoms with E-state index < -0.39 is 5.91 Å². The number of hydrazine groups is 1. The van der Waals surface area contributed by atoms with E-state index in [4.69, 9.17) is 15.1 Å². The summed E-state index contributed by atoms with van der Waals surface area (Å²) in [4.78, 5) is 11.6. The van der Waals surface area contributed by atoms with Crippen molar-refractivity contribution in [2.24, 2.45) is 5.84 Å². The van der Waals surface area contributed by atoms with Crippen LogP contribution in [-0.4, -0.2) is 17.7 Å². The van der Waals surface area contributed by atoms with Gasteiger partial charge in [0.2, 0.25) is 0 Å². The fourth-order valence-corrected chi connectivity index (χ4v) is 2.52. The highest BCUT2D eigenvalue weighted by Gasteiger charge is 2.18. The molecule has 0 aliphatic heterocycles. The number of rotatable bonds is 6. The molecule has 1 heterocycles. The van der Waals surface area contributed by atoms with E-state index in [0.717, 1.165) is 17.7 Å². The molecule has 1 aromatic heterocycles. The molecule has 0 fully saturated rings. The normalized spacial score (nSPS) is 10.5. The number of carbonyl (C=O) groups excluding carboxylic acids is 1. The molecule has 1 amide bonds. The zero-order chi connectivity index (χ0) is 17.6. The molecule has 25 heavy (non-hydrogen) atoms. The molecule has 0 saturated carbocycles. The third-order valence-electron chi connectivity index (χ3n) is 3.89. The summed E-state index contributed by atoms with van der Waals surface area (Å²) in [5, 5.41) is 3.77. The highest BCUT2D eigenvalue weighted by molar-refractivity contribution is 5.94. The standard InChI is InChI=1S/C19H19N3O3/c1-13-17(19(23)21-20)22-25-18(13)15-7-9-16(10-8-15)24-12-11-14-5-3-2-4-6-14/h2-10H,11-12,20H2,1H3,(H,21,23). The SMILES string of the molecule is Cc1c(C(=O)NN)noc1-c1ccc(OCCc2ccccc2)cc1. The molecular formula is C19H19N3O3. The molecule has 3 rings (SSSR count). The van der Waals surface area contributed by atoms with Crippen LogP contribution in [0.1, 0.15) is 21.6 Å². The molecule has 6 heteroatoms. The molecule has 3 aromatic rings. The lowest BCUT2D eigenvalue weighted by Crippen LogP contribution is -2.30. The van der Waals surface area contributed by atoms with E-state index >= 15 is 0 Å². The summed E-state index contributed by atoms with van der Waals surface area (Å²) in [6.07, 6.45) is 0.849. The van der Waals surface area contributed by atoms with Crippen LogP contribution in [0.5, 0.6) is 5.75 Å². The Hall–Kier alpha value is -3.12. The van der Waals surface area contributed by atoms with Gasteiger partial charge in [0.1, 0.15) is 5.75 Å². The van der Waals surface area contributed by atoms with Crippen molar-refractivity contribution >= 4 is 5.91 Å². The third-order valence-corrected chi connectivity index (χ3v) is 3.89. The zero-order valence-corrected chi connectivity index (χ0v) is 13.9. The van der Waals surface area contributed by atoms with Crippen LogP contribution in [-0.2, 0) is 6.42 Å². The lowest BCUT2D eigenvalue weighted by molar-refractivity contribution is 0.0944. The Morgan fingerprint density at radius 2 is 1.88 bits per heavy atom. The molecule has 0 radical (unpaired) electrons. The van der Waals surface area contributed by atoms with Crippen LogP contribution in [0.4, 0.5) is 0 Å². The second kappa shape index (κ2) is 7.63. The highest BCUT2D eigenvalue weighted by atomic mass is 16.5. The monoisotopic (exact) mass is 337 g/mol. The quantitative estimate of drug-likeness (QED) is 0.410. The van der Waals surface area contributed by atoms with Gasteiger partial charge in [0.15, 0.2) is 11.5 Å². The number of carbonyl (C=O) groups is 1. The van der Waals surface area contributed by atoms with Crippen molar-refractivity contribution in [3.8, 4) is 17.1 Å². The van der Waals surface area contributed by atoms with E-state index in [1.54, 1.807) is 6.92 Å². The predicted molar refractivity (Wildman–Crippen MR) is 94.0 cm³/mol. The van der Waals surface area contributed by atoms with Crippen LogP contribution in [0, 0.1) is 6.92 Å². The minimum atomic E-state index is -0.478. The fourth-order valence-electron chi connectivity index (χ4n) is 2.52. The topological polar surface area (TPSA) is 90.4 Å². The van der Waals surface area contributed by atoms with E-state index in [9.17, 15) is 4.79 Å². The minimum Gasteiger partial charge on any atom is -0.493 e. The van der Waals surface area contributed by atoms with Crippen molar-refractivity contribution in [2.45, 2.75) is 13.3 Å². The summed E-state index contributed by atoms with van der Waals surface area (Å²) in [5.74, 6) is 5.96. The number of amides is 1. The van der Waals surface area contributed by atoms with Crippen LogP contribution >= 0.6 is 0 Å². The second-order valence-corrected chi connectivity index (χ2v) is 5.57. The molecule has 0 spiro atoms. The van der Waals surface area contributed by atoms with Crippen molar-refractivity contribution in [2.75, 3.05) is 6.61 Å². The molecule has 0 aliphatic carbocycles. The smallest absolute Gasteiger partial charge is 0.287 e. The van der Waals surface area contributed by atoms with E-state index in [2.05, 4.69) is 22.7 Å². The van der Waals surface area contributed by atoms with E-state index in [1.807, 2.05) is 42.5 Å². The largest absolute Gasteiger partial charge is 0.493 e. The average molecular weight is 337 g/mol. The number of hydrogen-bond donors (Lipinski definition) is 2. The number of aromatic nitrogens is 1. The number of nitrogens with zero attached hydrogens (tertiary/aromatic N) is 1. The van der Waals surface area contributed by atoms with Crippen molar-refractivity contribution < 1.29 is 14.1 Å². The molecule has 3 N–H and O–H groups in total. The van der Waals surface area contributed by atoms with Crippen molar-refractivity contribution in [3.05, 3.63) is 71.4 Å². The Bertz CT molecular complexity index is 842. The van der Waals surface area contributed by atoms with Gasteiger partial charge < -0.3 is 9.26 Å². The Kier molecular flexibility index (Phi) is 5.11.